The number of halogens is 3. The van der Waals surface area contributed by atoms with E-state index in [0.717, 1.165) is 40.2 Å². The summed E-state index contributed by atoms with van der Waals surface area (Å²) in [7, 11) is -4.50. The van der Waals surface area contributed by atoms with E-state index in [0.29, 0.717) is 17.5 Å². The van der Waals surface area contributed by atoms with Crippen molar-refractivity contribution in [1.29, 1.82) is 0 Å². The van der Waals surface area contributed by atoms with Gasteiger partial charge in [-0.05, 0) is 82.5 Å². The number of nitrogens with one attached hydrogen (secondary N) is 2. The highest BCUT2D eigenvalue weighted by Gasteiger charge is 2.38. The number of aliphatic carboxylic acids is 1. The first-order valence-electron chi connectivity index (χ1n) is 11.3. The average Bonchev–Trinajstić information content (AvgIpc) is 3.46. The van der Waals surface area contributed by atoms with Gasteiger partial charge in [0.15, 0.2) is 0 Å². The Labute approximate surface area is 210 Å². The normalized spacial score (nSPS) is 15.9. The number of benzene rings is 3. The van der Waals surface area contributed by atoms with Crippen LogP contribution in [0.1, 0.15) is 22.3 Å². The average molecular weight is 527 g/mol. The van der Waals surface area contributed by atoms with E-state index in [1.54, 1.807) is 48.7 Å². The molecule has 3 N–H and O–H groups in total. The summed E-state index contributed by atoms with van der Waals surface area (Å²) in [5.74, 6) is -1.09. The lowest BCUT2D eigenvalue weighted by Crippen LogP contribution is -2.36. The van der Waals surface area contributed by atoms with Crippen LogP contribution in [0.4, 0.5) is 13.2 Å². The van der Waals surface area contributed by atoms with Crippen LogP contribution < -0.4 is 4.72 Å². The third-order valence-electron chi connectivity index (χ3n) is 6.36. The minimum atomic E-state index is -4.89. The van der Waals surface area contributed by atoms with Gasteiger partial charge in [-0.15, -0.1) is 0 Å². The fourth-order valence-corrected chi connectivity index (χ4v) is 6.12. The first-order valence-corrected chi connectivity index (χ1v) is 12.8. The molecule has 6 nitrogen and oxygen atoms in total. The van der Waals surface area contributed by atoms with Crippen LogP contribution in [0.2, 0.25) is 0 Å². The lowest BCUT2D eigenvalue weighted by Gasteiger charge is -2.18. The van der Waals surface area contributed by atoms with Crippen molar-refractivity contribution < 1.29 is 31.5 Å². The second-order valence-electron chi connectivity index (χ2n) is 8.91. The zero-order valence-electron chi connectivity index (χ0n) is 19.2. The van der Waals surface area contributed by atoms with Crippen molar-refractivity contribution in [3.63, 3.8) is 0 Å². The van der Waals surface area contributed by atoms with Gasteiger partial charge in [0.05, 0.1) is 10.5 Å². The van der Waals surface area contributed by atoms with Crippen molar-refractivity contribution in [2.24, 2.45) is 0 Å². The Balaban J connectivity index is 1.42. The van der Waals surface area contributed by atoms with Gasteiger partial charge in [-0.3, -0.25) is 0 Å². The number of aromatic nitrogens is 1. The molecule has 5 rings (SSSR count). The Hall–Kier alpha value is -3.89. The Morgan fingerprint density at radius 2 is 1.70 bits per heavy atom. The van der Waals surface area contributed by atoms with Gasteiger partial charge in [0.2, 0.25) is 10.0 Å². The summed E-state index contributed by atoms with van der Waals surface area (Å²) in [5, 5.41) is 9.62. The quantitative estimate of drug-likeness (QED) is 0.293. The van der Waals surface area contributed by atoms with Gasteiger partial charge in [0, 0.05) is 23.8 Å². The maximum atomic E-state index is 14.0. The van der Waals surface area contributed by atoms with E-state index >= 15 is 0 Å². The zero-order valence-corrected chi connectivity index (χ0v) is 20.0. The lowest BCUT2D eigenvalue weighted by atomic mass is 10.0. The standard InChI is InChI=1S/C27H21F3N2O4S/c28-27(29,30)23-15-19(17-4-6-24-20(12-17)9-10-31-24)5-7-25(23)37(35,36)32-22-13-18-3-1-16(2-8-26(33)34)11-21(18)14-22/h1-12,15,22,31-32H,13-14H2,(H,33,34). The summed E-state index contributed by atoms with van der Waals surface area (Å²) in [5.41, 5.74) is 2.70. The highest BCUT2D eigenvalue weighted by molar-refractivity contribution is 7.89. The molecule has 0 radical (unpaired) electrons. The monoisotopic (exact) mass is 526 g/mol. The molecule has 1 aliphatic rings. The van der Waals surface area contributed by atoms with Gasteiger partial charge in [0.25, 0.3) is 0 Å². The predicted molar refractivity (Wildman–Crippen MR) is 133 cm³/mol. The molecule has 3 aromatic carbocycles. The topological polar surface area (TPSA) is 99.3 Å². The van der Waals surface area contributed by atoms with Crippen molar-refractivity contribution in [2.75, 3.05) is 0 Å². The molecule has 1 heterocycles. The molecular formula is C27H21F3N2O4S. The Morgan fingerprint density at radius 3 is 2.46 bits per heavy atom. The van der Waals surface area contributed by atoms with E-state index < -0.39 is 38.7 Å². The second kappa shape index (κ2) is 9.20. The molecule has 37 heavy (non-hydrogen) atoms. The molecule has 1 unspecified atom stereocenters. The van der Waals surface area contributed by atoms with Crippen LogP contribution in [0, 0.1) is 0 Å². The molecule has 0 bridgehead atoms. The molecule has 10 heteroatoms. The van der Waals surface area contributed by atoms with Crippen LogP contribution in [0.3, 0.4) is 0 Å². The summed E-state index contributed by atoms with van der Waals surface area (Å²) in [6.07, 6.45) is -0.151. The SMILES string of the molecule is O=C(O)C=Cc1ccc2c(c1)CC(NS(=O)(=O)c1ccc(-c3ccc4[nH]ccc4c3)cc1C(F)(F)F)C2. The van der Waals surface area contributed by atoms with Crippen molar-refractivity contribution in [3.05, 3.63) is 95.2 Å². The van der Waals surface area contributed by atoms with Gasteiger partial charge in [-0.2, -0.15) is 13.2 Å². The van der Waals surface area contributed by atoms with Gasteiger partial charge >= 0.3 is 12.1 Å². The number of fused-ring (bicyclic) bond motifs is 2. The van der Waals surface area contributed by atoms with E-state index in [9.17, 15) is 26.4 Å². The number of rotatable bonds is 6. The highest BCUT2D eigenvalue weighted by Crippen LogP contribution is 2.38. The number of carboxylic acids is 1. The number of carboxylic acid groups (broad SMARTS) is 1. The van der Waals surface area contributed by atoms with Crippen LogP contribution >= 0.6 is 0 Å². The molecule has 190 valence electrons. The van der Waals surface area contributed by atoms with Crippen molar-refractivity contribution in [1.82, 2.24) is 9.71 Å². The minimum absolute atomic E-state index is 0.254. The molecule has 0 saturated heterocycles. The molecule has 0 amide bonds. The summed E-state index contributed by atoms with van der Waals surface area (Å²) >= 11 is 0. The second-order valence-corrected chi connectivity index (χ2v) is 10.6. The summed E-state index contributed by atoms with van der Waals surface area (Å²) in [6, 6.07) is 14.8. The zero-order chi connectivity index (χ0) is 26.4. The third kappa shape index (κ3) is 5.16. The molecule has 0 spiro atoms. The first kappa shape index (κ1) is 24.8. The van der Waals surface area contributed by atoms with Crippen LogP contribution in [-0.4, -0.2) is 30.5 Å². The Bertz CT molecular complexity index is 1660. The molecule has 1 atom stereocenters. The predicted octanol–water partition coefficient (Wildman–Crippen LogP) is 5.40. The van der Waals surface area contributed by atoms with Crippen molar-refractivity contribution >= 4 is 33.0 Å². The Kier molecular flexibility index (Phi) is 6.17. The lowest BCUT2D eigenvalue weighted by molar-refractivity contribution is -0.139. The van der Waals surface area contributed by atoms with Crippen LogP contribution in [0.5, 0.6) is 0 Å². The first-order chi connectivity index (χ1) is 17.5. The number of sulfonamides is 1. The number of hydrogen-bond acceptors (Lipinski definition) is 3. The number of aromatic amines is 1. The van der Waals surface area contributed by atoms with Crippen molar-refractivity contribution in [2.45, 2.75) is 30.0 Å². The molecule has 4 aromatic rings. The van der Waals surface area contributed by atoms with Crippen LogP contribution in [0.15, 0.2) is 77.8 Å². The number of hydrogen-bond donors (Lipinski definition) is 3. The molecule has 1 aliphatic carbocycles. The fourth-order valence-electron chi connectivity index (χ4n) is 4.67. The minimum Gasteiger partial charge on any atom is -0.478 e. The largest absolute Gasteiger partial charge is 0.478 e. The number of H-pyrrole nitrogens is 1. The van der Waals surface area contributed by atoms with E-state index in [4.69, 9.17) is 5.11 Å². The van der Waals surface area contributed by atoms with E-state index in [1.807, 2.05) is 0 Å². The smallest absolute Gasteiger partial charge is 0.417 e. The highest BCUT2D eigenvalue weighted by atomic mass is 32.2. The van der Waals surface area contributed by atoms with Gasteiger partial charge in [0.1, 0.15) is 0 Å². The number of alkyl halides is 3. The van der Waals surface area contributed by atoms with E-state index in [2.05, 4.69) is 9.71 Å². The van der Waals surface area contributed by atoms with Gasteiger partial charge in [-0.25, -0.2) is 17.9 Å². The Morgan fingerprint density at radius 1 is 0.973 bits per heavy atom. The maximum absolute atomic E-state index is 14.0. The molecule has 0 saturated carbocycles. The van der Waals surface area contributed by atoms with E-state index in [1.165, 1.54) is 12.1 Å². The van der Waals surface area contributed by atoms with Gasteiger partial charge in [-0.1, -0.05) is 30.3 Å². The third-order valence-corrected chi connectivity index (χ3v) is 7.94. The summed E-state index contributed by atoms with van der Waals surface area (Å²) in [6.45, 7) is 0. The fraction of sp³-hybridized carbons (Fsp3) is 0.148. The molecule has 0 aliphatic heterocycles. The van der Waals surface area contributed by atoms with E-state index in [-0.39, 0.29) is 12.0 Å². The molecular weight excluding hydrogens is 505 g/mol. The van der Waals surface area contributed by atoms with Crippen molar-refractivity contribution in [3.8, 4) is 11.1 Å². The van der Waals surface area contributed by atoms with Gasteiger partial charge < -0.3 is 10.1 Å². The van der Waals surface area contributed by atoms with Crippen LogP contribution in [-0.2, 0) is 33.8 Å². The summed E-state index contributed by atoms with van der Waals surface area (Å²) in [4.78, 5) is 12.9. The molecule has 1 aromatic heterocycles. The molecule has 0 fully saturated rings. The maximum Gasteiger partial charge on any atom is 0.417 e. The summed E-state index contributed by atoms with van der Waals surface area (Å²) < 4.78 is 70.8. The number of carbonyl (C=O) groups is 1. The van der Waals surface area contributed by atoms with Crippen LogP contribution in [0.25, 0.3) is 28.1 Å².